The van der Waals surface area contributed by atoms with Gasteiger partial charge in [0.25, 0.3) is 11.8 Å². The third-order valence-corrected chi connectivity index (χ3v) is 5.00. The summed E-state index contributed by atoms with van der Waals surface area (Å²) in [5.41, 5.74) is 1.40. The van der Waals surface area contributed by atoms with Crippen molar-refractivity contribution in [3.05, 3.63) is 63.9 Å². The normalized spacial score (nSPS) is 18.5. The lowest BCUT2D eigenvalue weighted by molar-refractivity contribution is 0.0469. The number of carbonyl (C=O) groups excluding carboxylic acids is 3. The maximum Gasteiger partial charge on any atom is 0.338 e. The van der Waals surface area contributed by atoms with Crippen LogP contribution in [0.15, 0.2) is 36.5 Å². The molecule has 3 heterocycles. The Morgan fingerprint density at radius 1 is 1.21 bits per heavy atom. The molecule has 1 aromatic carbocycles. The molecule has 0 saturated carbocycles. The van der Waals surface area contributed by atoms with Gasteiger partial charge in [0, 0.05) is 18.4 Å². The van der Waals surface area contributed by atoms with Gasteiger partial charge in [-0.2, -0.15) is 0 Å². The number of carbonyl (C=O) groups is 3. The Hall–Kier alpha value is -2.77. The van der Waals surface area contributed by atoms with Crippen molar-refractivity contribution in [3.8, 4) is 0 Å². The average Bonchev–Trinajstić information content (AvgIpc) is 3.30. The number of ether oxygens (including phenoxy) is 2. The first kappa shape index (κ1) is 18.6. The molecule has 4 rings (SSSR count). The van der Waals surface area contributed by atoms with E-state index in [1.807, 2.05) is 0 Å². The van der Waals surface area contributed by atoms with Crippen LogP contribution in [0.2, 0.25) is 5.15 Å². The van der Waals surface area contributed by atoms with Crippen molar-refractivity contribution in [2.24, 2.45) is 0 Å². The molecule has 1 atom stereocenters. The fourth-order valence-corrected chi connectivity index (χ4v) is 3.41. The van der Waals surface area contributed by atoms with Crippen LogP contribution in [0.1, 0.15) is 49.5 Å². The summed E-state index contributed by atoms with van der Waals surface area (Å²) < 4.78 is 10.8. The zero-order valence-electron chi connectivity index (χ0n) is 14.9. The predicted octanol–water partition coefficient (Wildman–Crippen LogP) is 2.87. The van der Waals surface area contributed by atoms with Crippen LogP contribution in [0, 0.1) is 0 Å². The molecule has 0 spiro atoms. The Bertz CT molecular complexity index is 938. The number of esters is 1. The average molecular weight is 401 g/mol. The van der Waals surface area contributed by atoms with Gasteiger partial charge >= 0.3 is 5.97 Å². The third-order valence-electron chi connectivity index (χ3n) is 4.78. The van der Waals surface area contributed by atoms with E-state index >= 15 is 0 Å². The second kappa shape index (κ2) is 7.69. The van der Waals surface area contributed by atoms with E-state index in [1.165, 1.54) is 29.3 Å². The summed E-state index contributed by atoms with van der Waals surface area (Å²) in [4.78, 5) is 42.6. The minimum atomic E-state index is -0.587. The highest BCUT2D eigenvalue weighted by Crippen LogP contribution is 2.26. The predicted molar refractivity (Wildman–Crippen MR) is 99.1 cm³/mol. The van der Waals surface area contributed by atoms with Gasteiger partial charge in [0.2, 0.25) is 0 Å². The van der Waals surface area contributed by atoms with Crippen LogP contribution in [-0.2, 0) is 16.1 Å². The molecule has 1 fully saturated rings. The van der Waals surface area contributed by atoms with E-state index in [-0.39, 0.29) is 36.3 Å². The molecule has 0 unspecified atom stereocenters. The number of hydrogen-bond donors (Lipinski definition) is 0. The van der Waals surface area contributed by atoms with Gasteiger partial charge in [-0.1, -0.05) is 17.7 Å². The second-order valence-electron chi connectivity index (χ2n) is 6.68. The van der Waals surface area contributed by atoms with Crippen LogP contribution in [-0.4, -0.2) is 46.9 Å². The SMILES string of the molecule is O=C(OCc1ccc(Cl)nc1)c1ccc2c(c1)C(=O)N(C[C@@H]1CCCO1)C2=O. The van der Waals surface area contributed by atoms with E-state index in [4.69, 9.17) is 21.1 Å². The van der Waals surface area contributed by atoms with Crippen molar-refractivity contribution in [2.75, 3.05) is 13.2 Å². The summed E-state index contributed by atoms with van der Waals surface area (Å²) in [6.45, 7) is 0.904. The van der Waals surface area contributed by atoms with Gasteiger partial charge in [0.05, 0.1) is 29.3 Å². The van der Waals surface area contributed by atoms with E-state index in [2.05, 4.69) is 4.98 Å². The van der Waals surface area contributed by atoms with Crippen molar-refractivity contribution in [2.45, 2.75) is 25.6 Å². The molecule has 2 aromatic rings. The Kier molecular flexibility index (Phi) is 5.11. The number of aromatic nitrogens is 1. The molecule has 7 nitrogen and oxygen atoms in total. The Morgan fingerprint density at radius 2 is 2.04 bits per heavy atom. The fourth-order valence-electron chi connectivity index (χ4n) is 3.30. The molecule has 2 aliphatic rings. The first-order valence-corrected chi connectivity index (χ1v) is 9.30. The number of imide groups is 1. The number of nitrogens with zero attached hydrogens (tertiary/aromatic N) is 2. The van der Waals surface area contributed by atoms with Crippen LogP contribution in [0.3, 0.4) is 0 Å². The maximum atomic E-state index is 12.7. The van der Waals surface area contributed by atoms with Gasteiger partial charge in [0.15, 0.2) is 0 Å². The number of benzene rings is 1. The molecule has 0 N–H and O–H groups in total. The molecule has 144 valence electrons. The summed E-state index contributed by atoms with van der Waals surface area (Å²) >= 11 is 5.72. The Labute approximate surface area is 166 Å². The highest BCUT2D eigenvalue weighted by Gasteiger charge is 2.38. The van der Waals surface area contributed by atoms with Crippen molar-refractivity contribution in [3.63, 3.8) is 0 Å². The first-order chi connectivity index (χ1) is 13.5. The summed E-state index contributed by atoms with van der Waals surface area (Å²) in [6, 6.07) is 7.70. The van der Waals surface area contributed by atoms with Crippen molar-refractivity contribution in [1.29, 1.82) is 0 Å². The summed E-state index contributed by atoms with van der Waals surface area (Å²) in [6.07, 6.45) is 3.14. The summed E-state index contributed by atoms with van der Waals surface area (Å²) in [7, 11) is 0. The summed E-state index contributed by atoms with van der Waals surface area (Å²) in [5, 5.41) is 0.351. The van der Waals surface area contributed by atoms with E-state index < -0.39 is 11.9 Å². The van der Waals surface area contributed by atoms with Gasteiger partial charge < -0.3 is 9.47 Å². The fraction of sp³-hybridized carbons (Fsp3) is 0.300. The minimum absolute atomic E-state index is 0.0259. The largest absolute Gasteiger partial charge is 0.457 e. The zero-order valence-corrected chi connectivity index (χ0v) is 15.6. The molecule has 2 aliphatic heterocycles. The second-order valence-corrected chi connectivity index (χ2v) is 7.07. The van der Waals surface area contributed by atoms with E-state index in [9.17, 15) is 14.4 Å². The van der Waals surface area contributed by atoms with Gasteiger partial charge in [-0.05, 0) is 37.1 Å². The molecule has 28 heavy (non-hydrogen) atoms. The van der Waals surface area contributed by atoms with Gasteiger partial charge in [-0.25, -0.2) is 9.78 Å². The van der Waals surface area contributed by atoms with Crippen molar-refractivity contribution < 1.29 is 23.9 Å². The number of rotatable bonds is 5. The number of amides is 2. The standard InChI is InChI=1S/C20H17ClN2O5/c21-17-6-3-12(9-22-17)11-28-20(26)13-4-5-15-16(8-13)19(25)23(18(15)24)10-14-2-1-7-27-14/h3-6,8-9,14H,1-2,7,10-11H2/t14-/m0/s1. The maximum absolute atomic E-state index is 12.7. The number of hydrogen-bond acceptors (Lipinski definition) is 6. The molecular formula is C20H17ClN2O5. The minimum Gasteiger partial charge on any atom is -0.457 e. The van der Waals surface area contributed by atoms with Gasteiger partial charge in [-0.3, -0.25) is 14.5 Å². The molecule has 1 saturated heterocycles. The quantitative estimate of drug-likeness (QED) is 0.436. The molecular weight excluding hydrogens is 384 g/mol. The highest BCUT2D eigenvalue weighted by molar-refractivity contribution is 6.29. The van der Waals surface area contributed by atoms with E-state index in [1.54, 1.807) is 12.1 Å². The Balaban J connectivity index is 1.46. The monoisotopic (exact) mass is 400 g/mol. The van der Waals surface area contributed by atoms with Crippen LogP contribution < -0.4 is 0 Å². The van der Waals surface area contributed by atoms with E-state index in [0.717, 1.165) is 12.8 Å². The molecule has 0 radical (unpaired) electrons. The summed E-state index contributed by atoms with van der Waals surface area (Å²) in [5.74, 6) is -1.36. The van der Waals surface area contributed by atoms with Gasteiger partial charge in [0.1, 0.15) is 11.8 Å². The van der Waals surface area contributed by atoms with Crippen molar-refractivity contribution >= 4 is 29.4 Å². The number of halogens is 1. The number of fused-ring (bicyclic) bond motifs is 1. The molecule has 2 amide bonds. The molecule has 1 aromatic heterocycles. The van der Waals surface area contributed by atoms with Crippen LogP contribution in [0.5, 0.6) is 0 Å². The molecule has 8 heteroatoms. The van der Waals surface area contributed by atoms with Crippen LogP contribution >= 0.6 is 11.6 Å². The van der Waals surface area contributed by atoms with Crippen molar-refractivity contribution in [1.82, 2.24) is 9.88 Å². The lowest BCUT2D eigenvalue weighted by Crippen LogP contribution is -2.36. The Morgan fingerprint density at radius 3 is 2.75 bits per heavy atom. The third kappa shape index (κ3) is 3.63. The lowest BCUT2D eigenvalue weighted by Gasteiger charge is -2.17. The number of pyridine rings is 1. The van der Waals surface area contributed by atoms with Crippen LogP contribution in [0.25, 0.3) is 0 Å². The first-order valence-electron chi connectivity index (χ1n) is 8.92. The molecule has 0 bridgehead atoms. The topological polar surface area (TPSA) is 85.8 Å². The highest BCUT2D eigenvalue weighted by atomic mass is 35.5. The van der Waals surface area contributed by atoms with E-state index in [0.29, 0.717) is 22.9 Å². The molecule has 0 aliphatic carbocycles. The zero-order chi connectivity index (χ0) is 19.7. The smallest absolute Gasteiger partial charge is 0.338 e. The van der Waals surface area contributed by atoms with Crippen LogP contribution in [0.4, 0.5) is 0 Å². The lowest BCUT2D eigenvalue weighted by atomic mass is 10.1. The van der Waals surface area contributed by atoms with Gasteiger partial charge in [-0.15, -0.1) is 0 Å².